The summed E-state index contributed by atoms with van der Waals surface area (Å²) in [5.74, 6) is -12.8. The number of piperidine rings is 1. The minimum absolute atomic E-state index is 0.0303. The number of likely N-dealkylation sites (tertiary alicyclic amines) is 1. The molecule has 3 unspecified atom stereocenters. The Labute approximate surface area is 283 Å². The van der Waals surface area contributed by atoms with Gasteiger partial charge >= 0.3 is 0 Å². The zero-order valence-electron chi connectivity index (χ0n) is 25.9. The number of hydrogen-bond acceptors (Lipinski definition) is 6. The van der Waals surface area contributed by atoms with Crippen molar-refractivity contribution in [3.05, 3.63) is 135 Å². The fourth-order valence-corrected chi connectivity index (χ4v) is 6.32. The van der Waals surface area contributed by atoms with Crippen molar-refractivity contribution in [3.8, 4) is 0 Å². The van der Waals surface area contributed by atoms with Crippen LogP contribution in [0.5, 0.6) is 0 Å². The van der Waals surface area contributed by atoms with Crippen LogP contribution in [0.4, 0.5) is 27.6 Å². The van der Waals surface area contributed by atoms with E-state index in [-0.39, 0.29) is 24.5 Å². The maximum Gasteiger partial charge on any atom is 0.261 e. The first-order valence-corrected chi connectivity index (χ1v) is 16.0. The van der Waals surface area contributed by atoms with Gasteiger partial charge in [0, 0.05) is 42.3 Å². The van der Waals surface area contributed by atoms with Gasteiger partial charge in [-0.05, 0) is 53.8 Å². The number of anilines is 1. The molecule has 2 heterocycles. The first kappa shape index (κ1) is 34.9. The van der Waals surface area contributed by atoms with E-state index in [1.54, 1.807) is 24.3 Å². The van der Waals surface area contributed by atoms with Gasteiger partial charge in [-0.25, -0.2) is 22.0 Å². The van der Waals surface area contributed by atoms with Crippen LogP contribution in [-0.4, -0.2) is 46.8 Å². The van der Waals surface area contributed by atoms with Crippen molar-refractivity contribution in [2.75, 3.05) is 25.0 Å². The Morgan fingerprint density at radius 1 is 0.816 bits per heavy atom. The Hall–Kier alpha value is -3.91. The summed E-state index contributed by atoms with van der Waals surface area (Å²) in [5.41, 5.74) is 0.449. The first-order chi connectivity index (χ1) is 23.5. The lowest BCUT2D eigenvalue weighted by Gasteiger charge is -2.42. The number of benzene rings is 4. The van der Waals surface area contributed by atoms with E-state index in [4.69, 9.17) is 21.1 Å². The van der Waals surface area contributed by atoms with Crippen molar-refractivity contribution < 1.29 is 46.4 Å². The molecule has 2 saturated heterocycles. The lowest BCUT2D eigenvalue weighted by atomic mass is 9.84. The summed E-state index contributed by atoms with van der Waals surface area (Å²) >= 11 is 6.03. The molecule has 0 spiro atoms. The Morgan fingerprint density at radius 3 is 1.98 bits per heavy atom. The standard InChI is InChI=1S/C36H32ClF5N2O5/c37-24-9-7-23(8-10-24)36(47)13-15-44(16-14-36)18-26-17-27(21-3-1-20(19-45)2-4-21)49-35(48-26)22-5-11-25(12-6-22)43-34(46)28-29(38)31(40)33(42)32(41)30(28)39/h1-12,26-27,35,45,47H,13-19H2,(H,43,46). The van der Waals surface area contributed by atoms with Crippen LogP contribution >= 0.6 is 11.6 Å². The summed E-state index contributed by atoms with van der Waals surface area (Å²) in [7, 11) is 0. The molecule has 2 aliphatic heterocycles. The number of carbonyl (C=O) groups excluding carboxylic acids is 1. The van der Waals surface area contributed by atoms with Gasteiger partial charge in [-0.1, -0.05) is 60.1 Å². The highest BCUT2D eigenvalue weighted by Crippen LogP contribution is 2.40. The van der Waals surface area contributed by atoms with Gasteiger partial charge in [0.15, 0.2) is 29.6 Å². The number of nitrogens with one attached hydrogen (secondary N) is 1. The predicted molar refractivity (Wildman–Crippen MR) is 170 cm³/mol. The maximum atomic E-state index is 14.2. The number of rotatable bonds is 8. The molecule has 0 bridgehead atoms. The fourth-order valence-electron chi connectivity index (χ4n) is 6.20. The molecule has 13 heteroatoms. The summed E-state index contributed by atoms with van der Waals surface area (Å²) in [4.78, 5) is 14.8. The molecule has 49 heavy (non-hydrogen) atoms. The molecule has 258 valence electrons. The number of aliphatic hydroxyl groups is 2. The summed E-state index contributed by atoms with van der Waals surface area (Å²) < 4.78 is 81.8. The SMILES string of the molecule is O=C(Nc1ccc(C2OC(CN3CCC(O)(c4ccc(Cl)cc4)CC3)CC(c3ccc(CO)cc3)O2)cc1)c1c(F)c(F)c(F)c(F)c1F. The van der Waals surface area contributed by atoms with E-state index in [9.17, 15) is 37.0 Å². The number of hydrogen-bond donors (Lipinski definition) is 3. The Morgan fingerprint density at radius 2 is 1.39 bits per heavy atom. The largest absolute Gasteiger partial charge is 0.392 e. The normalized spacial score (nSPS) is 21.0. The van der Waals surface area contributed by atoms with E-state index in [1.807, 2.05) is 36.4 Å². The monoisotopic (exact) mass is 702 g/mol. The molecule has 6 rings (SSSR count). The topological polar surface area (TPSA) is 91.3 Å². The van der Waals surface area contributed by atoms with E-state index in [1.165, 1.54) is 12.1 Å². The Kier molecular flexibility index (Phi) is 10.4. The molecule has 4 aromatic rings. The van der Waals surface area contributed by atoms with E-state index in [0.717, 1.165) is 16.7 Å². The van der Waals surface area contributed by atoms with Gasteiger partial charge in [-0.15, -0.1) is 0 Å². The lowest BCUT2D eigenvalue weighted by Crippen LogP contribution is -2.46. The third kappa shape index (κ3) is 7.49. The average Bonchev–Trinajstić information content (AvgIpc) is 3.11. The Bertz CT molecular complexity index is 1770. The molecule has 7 nitrogen and oxygen atoms in total. The van der Waals surface area contributed by atoms with Crippen molar-refractivity contribution in [1.29, 1.82) is 0 Å². The van der Waals surface area contributed by atoms with Gasteiger partial charge in [0.2, 0.25) is 5.82 Å². The molecule has 4 aromatic carbocycles. The van der Waals surface area contributed by atoms with Crippen LogP contribution in [0.3, 0.4) is 0 Å². The summed E-state index contributed by atoms with van der Waals surface area (Å²) in [6.07, 6.45) is 0.00878. The third-order valence-corrected chi connectivity index (χ3v) is 9.27. The predicted octanol–water partition coefficient (Wildman–Crippen LogP) is 7.31. The second kappa shape index (κ2) is 14.5. The van der Waals surface area contributed by atoms with Gasteiger partial charge in [0.1, 0.15) is 5.56 Å². The van der Waals surface area contributed by atoms with E-state index >= 15 is 0 Å². The minimum Gasteiger partial charge on any atom is -0.392 e. The zero-order chi connectivity index (χ0) is 34.9. The molecule has 3 N–H and O–H groups in total. The molecule has 2 fully saturated rings. The number of amides is 1. The van der Waals surface area contributed by atoms with Crippen LogP contribution in [-0.2, 0) is 21.7 Å². The minimum atomic E-state index is -2.36. The van der Waals surface area contributed by atoms with E-state index < -0.39 is 52.4 Å². The number of carbonyl (C=O) groups is 1. The molecular formula is C36H32ClF5N2O5. The highest BCUT2D eigenvalue weighted by atomic mass is 35.5. The fraction of sp³-hybridized carbons (Fsp3) is 0.306. The number of aliphatic hydroxyl groups excluding tert-OH is 1. The Balaban J connectivity index is 1.17. The van der Waals surface area contributed by atoms with Crippen molar-refractivity contribution in [3.63, 3.8) is 0 Å². The quantitative estimate of drug-likeness (QED) is 0.101. The van der Waals surface area contributed by atoms with Crippen LogP contribution < -0.4 is 5.32 Å². The second-order valence-electron chi connectivity index (χ2n) is 12.2. The number of halogens is 6. The van der Waals surface area contributed by atoms with Crippen molar-refractivity contribution in [2.45, 2.75) is 50.0 Å². The third-order valence-electron chi connectivity index (χ3n) is 9.02. The van der Waals surface area contributed by atoms with Gasteiger partial charge in [0.05, 0.1) is 24.4 Å². The summed E-state index contributed by atoms with van der Waals surface area (Å²) in [6, 6.07) is 20.5. The second-order valence-corrected chi connectivity index (χ2v) is 12.6. The van der Waals surface area contributed by atoms with Gasteiger partial charge in [0.25, 0.3) is 5.91 Å². The highest BCUT2D eigenvalue weighted by Gasteiger charge is 2.37. The molecule has 0 radical (unpaired) electrons. The highest BCUT2D eigenvalue weighted by molar-refractivity contribution is 6.30. The molecule has 2 aliphatic rings. The van der Waals surface area contributed by atoms with Crippen LogP contribution in [0, 0.1) is 29.1 Å². The molecule has 0 saturated carbocycles. The van der Waals surface area contributed by atoms with Gasteiger partial charge < -0.3 is 29.9 Å². The van der Waals surface area contributed by atoms with Gasteiger partial charge in [-0.2, -0.15) is 0 Å². The summed E-state index contributed by atoms with van der Waals surface area (Å²) in [6.45, 7) is 1.69. The van der Waals surface area contributed by atoms with Crippen LogP contribution in [0.1, 0.15) is 64.3 Å². The van der Waals surface area contributed by atoms with E-state index in [0.29, 0.717) is 49.5 Å². The van der Waals surface area contributed by atoms with Crippen molar-refractivity contribution in [1.82, 2.24) is 4.90 Å². The van der Waals surface area contributed by atoms with Crippen LogP contribution in [0.2, 0.25) is 5.02 Å². The zero-order valence-corrected chi connectivity index (χ0v) is 26.7. The van der Waals surface area contributed by atoms with E-state index in [2.05, 4.69) is 10.2 Å². The maximum absolute atomic E-state index is 14.2. The van der Waals surface area contributed by atoms with Gasteiger partial charge in [-0.3, -0.25) is 4.79 Å². The molecule has 3 atom stereocenters. The lowest BCUT2D eigenvalue weighted by molar-refractivity contribution is -0.253. The van der Waals surface area contributed by atoms with Crippen LogP contribution in [0.15, 0.2) is 72.8 Å². The molecule has 0 aromatic heterocycles. The van der Waals surface area contributed by atoms with Crippen molar-refractivity contribution >= 4 is 23.2 Å². The first-order valence-electron chi connectivity index (χ1n) is 15.6. The van der Waals surface area contributed by atoms with Crippen molar-refractivity contribution in [2.24, 2.45) is 0 Å². The van der Waals surface area contributed by atoms with Crippen LogP contribution in [0.25, 0.3) is 0 Å². The average molecular weight is 703 g/mol. The molecule has 0 aliphatic carbocycles. The smallest absolute Gasteiger partial charge is 0.261 e. The molecule has 1 amide bonds. The number of ether oxygens (including phenoxy) is 2. The number of nitrogens with zero attached hydrogens (tertiary/aromatic N) is 1. The summed E-state index contributed by atoms with van der Waals surface area (Å²) in [5, 5.41) is 23.6. The molecular weight excluding hydrogens is 671 g/mol.